The quantitative estimate of drug-likeness (QED) is 0.247. The zero-order chi connectivity index (χ0) is 14.6. The molecule has 0 aromatic rings. The van der Waals surface area contributed by atoms with Crippen molar-refractivity contribution in [3.8, 4) is 0 Å². The van der Waals surface area contributed by atoms with Crippen LogP contribution in [0.2, 0.25) is 0 Å². The van der Waals surface area contributed by atoms with Gasteiger partial charge >= 0.3 is 5.97 Å². The molecule has 0 amide bonds. The van der Waals surface area contributed by atoms with Crippen LogP contribution < -0.4 is 0 Å². The lowest BCUT2D eigenvalue weighted by Crippen LogP contribution is -2.48. The van der Waals surface area contributed by atoms with Gasteiger partial charge in [0.2, 0.25) is 6.29 Å². The first-order valence-electron chi connectivity index (χ1n) is 5.48. The SMILES string of the molecule is CC(=O)O[C@@H]1O[C@@H](C)[C@H](OS(C)(=O)=O)C[C@@H]1N=[N+]=[N-]. The highest BCUT2D eigenvalue weighted by molar-refractivity contribution is 7.86. The highest BCUT2D eigenvalue weighted by Gasteiger charge is 2.39. The zero-order valence-electron chi connectivity index (χ0n) is 10.7. The molecule has 1 aliphatic rings. The van der Waals surface area contributed by atoms with Crippen molar-refractivity contribution < 1.29 is 26.9 Å². The molecule has 108 valence electrons. The van der Waals surface area contributed by atoms with Gasteiger partial charge in [-0.25, -0.2) is 0 Å². The molecule has 0 aromatic heterocycles. The fraction of sp³-hybridized carbons (Fsp3) is 0.889. The first-order chi connectivity index (χ1) is 8.73. The molecule has 0 unspecified atom stereocenters. The van der Waals surface area contributed by atoms with Crippen molar-refractivity contribution in [1.82, 2.24) is 0 Å². The number of hydrogen-bond donors (Lipinski definition) is 0. The summed E-state index contributed by atoms with van der Waals surface area (Å²) in [6, 6.07) is -0.836. The fourth-order valence-electron chi connectivity index (χ4n) is 1.71. The summed E-state index contributed by atoms with van der Waals surface area (Å²) in [4.78, 5) is 13.5. The molecule has 1 heterocycles. The Kier molecular flexibility index (Phi) is 5.12. The first kappa shape index (κ1) is 15.7. The number of hydrogen-bond acceptors (Lipinski definition) is 7. The van der Waals surface area contributed by atoms with Crippen molar-refractivity contribution in [2.45, 2.75) is 44.8 Å². The molecule has 1 saturated heterocycles. The molecule has 0 saturated carbocycles. The van der Waals surface area contributed by atoms with Crippen molar-refractivity contribution in [2.75, 3.05) is 6.26 Å². The molecular formula is C9H15N3O6S. The van der Waals surface area contributed by atoms with Crippen LogP contribution in [0.4, 0.5) is 0 Å². The Labute approximate surface area is 110 Å². The predicted octanol–water partition coefficient (Wildman–Crippen LogP) is 0.708. The van der Waals surface area contributed by atoms with Crippen LogP contribution in [0.1, 0.15) is 20.3 Å². The minimum atomic E-state index is -3.66. The van der Waals surface area contributed by atoms with Gasteiger partial charge in [-0.15, -0.1) is 0 Å². The van der Waals surface area contributed by atoms with Crippen LogP contribution in [0.5, 0.6) is 0 Å². The van der Waals surface area contributed by atoms with E-state index in [1.165, 1.54) is 6.92 Å². The topological polar surface area (TPSA) is 128 Å². The van der Waals surface area contributed by atoms with Gasteiger partial charge in [0.1, 0.15) is 12.1 Å². The standard InChI is InChI=1S/C9H15N3O6S/c1-5-8(18-19(3,14)15)4-7(11-12-10)9(16-5)17-6(2)13/h5,7-9H,4H2,1-3H3/t5-,7-,8+,9-/m0/s1. The molecule has 0 spiro atoms. The molecular weight excluding hydrogens is 278 g/mol. The second-order valence-electron chi connectivity index (χ2n) is 4.17. The molecule has 0 bridgehead atoms. The number of azide groups is 1. The summed E-state index contributed by atoms with van der Waals surface area (Å²) < 4.78 is 37.2. The fourth-order valence-corrected chi connectivity index (χ4v) is 2.39. The normalized spacial score (nSPS) is 31.3. The van der Waals surface area contributed by atoms with Gasteiger partial charge in [-0.05, 0) is 18.9 Å². The van der Waals surface area contributed by atoms with Gasteiger partial charge in [0.25, 0.3) is 10.1 Å². The molecule has 1 rings (SSSR count). The summed E-state index contributed by atoms with van der Waals surface area (Å²) >= 11 is 0. The van der Waals surface area contributed by atoms with E-state index in [0.29, 0.717) is 0 Å². The summed E-state index contributed by atoms with van der Waals surface area (Å²) in [5, 5.41) is 3.44. The summed E-state index contributed by atoms with van der Waals surface area (Å²) in [5.41, 5.74) is 8.46. The van der Waals surface area contributed by atoms with Crippen molar-refractivity contribution in [2.24, 2.45) is 5.11 Å². The van der Waals surface area contributed by atoms with Crippen LogP contribution in [-0.2, 0) is 28.6 Å². The maximum Gasteiger partial charge on any atom is 0.304 e. The van der Waals surface area contributed by atoms with Gasteiger partial charge in [0.15, 0.2) is 0 Å². The van der Waals surface area contributed by atoms with Crippen LogP contribution in [0, 0.1) is 0 Å². The monoisotopic (exact) mass is 293 g/mol. The largest absolute Gasteiger partial charge is 0.435 e. The Bertz CT molecular complexity index is 486. The van der Waals surface area contributed by atoms with Gasteiger partial charge in [0, 0.05) is 11.8 Å². The maximum atomic E-state index is 11.1. The van der Waals surface area contributed by atoms with E-state index in [4.69, 9.17) is 19.2 Å². The predicted molar refractivity (Wildman–Crippen MR) is 63.4 cm³/mol. The third-order valence-electron chi connectivity index (χ3n) is 2.44. The van der Waals surface area contributed by atoms with Crippen molar-refractivity contribution in [3.05, 3.63) is 10.4 Å². The van der Waals surface area contributed by atoms with Crippen molar-refractivity contribution in [3.63, 3.8) is 0 Å². The summed E-state index contributed by atoms with van der Waals surface area (Å²) in [5.74, 6) is -0.585. The van der Waals surface area contributed by atoms with Crippen LogP contribution in [-0.4, -0.2) is 45.2 Å². The first-order valence-corrected chi connectivity index (χ1v) is 7.29. The summed E-state index contributed by atoms with van der Waals surface area (Å²) in [6.45, 7) is 2.78. The molecule has 1 aliphatic heterocycles. The number of ether oxygens (including phenoxy) is 2. The van der Waals surface area contributed by atoms with E-state index in [1.54, 1.807) is 6.92 Å². The van der Waals surface area contributed by atoms with Gasteiger partial charge in [-0.1, -0.05) is 5.11 Å². The molecule has 0 aliphatic carbocycles. The average Bonchev–Trinajstić information content (AvgIpc) is 2.22. The second kappa shape index (κ2) is 6.20. The summed E-state index contributed by atoms with van der Waals surface area (Å²) in [6.07, 6.45) is -1.46. The highest BCUT2D eigenvalue weighted by Crippen LogP contribution is 2.26. The van der Waals surface area contributed by atoms with Gasteiger partial charge < -0.3 is 9.47 Å². The number of carbonyl (C=O) groups is 1. The van der Waals surface area contributed by atoms with E-state index >= 15 is 0 Å². The average molecular weight is 293 g/mol. The Hall–Kier alpha value is -1.35. The molecule has 0 aromatic carbocycles. The molecule has 0 radical (unpaired) electrons. The molecule has 10 heteroatoms. The van der Waals surface area contributed by atoms with E-state index in [1.807, 2.05) is 0 Å². The summed E-state index contributed by atoms with van der Waals surface area (Å²) in [7, 11) is -3.66. The number of rotatable bonds is 4. The van der Waals surface area contributed by atoms with E-state index in [0.717, 1.165) is 6.26 Å². The van der Waals surface area contributed by atoms with Gasteiger partial charge in [0.05, 0.1) is 12.4 Å². The molecule has 9 nitrogen and oxygen atoms in total. The highest BCUT2D eigenvalue weighted by atomic mass is 32.2. The molecule has 19 heavy (non-hydrogen) atoms. The van der Waals surface area contributed by atoms with E-state index < -0.39 is 40.6 Å². The number of carbonyl (C=O) groups excluding carboxylic acids is 1. The number of nitrogens with zero attached hydrogens (tertiary/aromatic N) is 3. The van der Waals surface area contributed by atoms with Gasteiger partial charge in [-0.3, -0.25) is 8.98 Å². The lowest BCUT2D eigenvalue weighted by molar-refractivity contribution is -0.219. The molecule has 1 fully saturated rings. The lowest BCUT2D eigenvalue weighted by Gasteiger charge is -2.36. The molecule has 0 N–H and O–H groups in total. The maximum absolute atomic E-state index is 11.1. The van der Waals surface area contributed by atoms with Crippen LogP contribution >= 0.6 is 0 Å². The van der Waals surface area contributed by atoms with E-state index in [-0.39, 0.29) is 6.42 Å². The Balaban J connectivity index is 2.84. The van der Waals surface area contributed by atoms with Crippen LogP contribution in [0.3, 0.4) is 0 Å². The van der Waals surface area contributed by atoms with Crippen LogP contribution in [0.25, 0.3) is 10.4 Å². The van der Waals surface area contributed by atoms with Gasteiger partial charge in [-0.2, -0.15) is 8.42 Å². The smallest absolute Gasteiger partial charge is 0.304 e. The molecule has 4 atom stereocenters. The Morgan fingerprint density at radius 3 is 2.63 bits per heavy atom. The Morgan fingerprint density at radius 2 is 2.16 bits per heavy atom. The van der Waals surface area contributed by atoms with Crippen molar-refractivity contribution in [1.29, 1.82) is 0 Å². The third-order valence-corrected chi connectivity index (χ3v) is 3.04. The third kappa shape index (κ3) is 5.03. The lowest BCUT2D eigenvalue weighted by atomic mass is 10.0. The second-order valence-corrected chi connectivity index (χ2v) is 5.77. The zero-order valence-corrected chi connectivity index (χ0v) is 11.5. The minimum Gasteiger partial charge on any atom is -0.435 e. The minimum absolute atomic E-state index is 0.0796. The van der Waals surface area contributed by atoms with Crippen LogP contribution in [0.15, 0.2) is 5.11 Å². The number of esters is 1. The van der Waals surface area contributed by atoms with E-state index in [2.05, 4.69) is 10.0 Å². The Morgan fingerprint density at radius 1 is 1.53 bits per heavy atom. The van der Waals surface area contributed by atoms with E-state index in [9.17, 15) is 13.2 Å². The van der Waals surface area contributed by atoms with Crippen molar-refractivity contribution >= 4 is 16.1 Å².